The number of rotatable bonds is 6. The number of esters is 1. The molecule has 0 bridgehead atoms. The Balaban J connectivity index is 2.12. The molecule has 1 aromatic carbocycles. The molecule has 0 fully saturated rings. The zero-order chi connectivity index (χ0) is 18.4. The summed E-state index contributed by atoms with van der Waals surface area (Å²) in [5.74, 6) is -0.00578. The summed E-state index contributed by atoms with van der Waals surface area (Å²) in [5.41, 5.74) is 2.01. The number of benzene rings is 1. The van der Waals surface area contributed by atoms with Crippen LogP contribution in [-0.4, -0.2) is 24.2 Å². The number of pyridine rings is 1. The summed E-state index contributed by atoms with van der Waals surface area (Å²) in [6, 6.07) is 10.7. The number of aromatic nitrogens is 1. The van der Waals surface area contributed by atoms with E-state index < -0.39 is 5.56 Å². The molecule has 0 radical (unpaired) electrons. The summed E-state index contributed by atoms with van der Waals surface area (Å²) in [5, 5.41) is 9.00. The van der Waals surface area contributed by atoms with Crippen molar-refractivity contribution >= 4 is 5.97 Å². The molecular weight excluding hydrogens is 320 g/mol. The first kappa shape index (κ1) is 18.3. The minimum absolute atomic E-state index is 0.0733. The number of aromatic amines is 1. The lowest BCUT2D eigenvalue weighted by Gasteiger charge is -2.13. The van der Waals surface area contributed by atoms with Crippen LogP contribution >= 0.6 is 0 Å². The third-order valence-electron chi connectivity index (χ3n) is 3.71. The van der Waals surface area contributed by atoms with Gasteiger partial charge in [-0.1, -0.05) is 12.1 Å². The van der Waals surface area contributed by atoms with Crippen LogP contribution in [0.1, 0.15) is 25.1 Å². The van der Waals surface area contributed by atoms with E-state index >= 15 is 0 Å². The van der Waals surface area contributed by atoms with E-state index in [2.05, 4.69) is 4.98 Å². The second-order valence-corrected chi connectivity index (χ2v) is 5.65. The Morgan fingerprint density at radius 3 is 2.60 bits per heavy atom. The van der Waals surface area contributed by atoms with Gasteiger partial charge in [0.25, 0.3) is 5.56 Å². The maximum atomic E-state index is 11.6. The van der Waals surface area contributed by atoms with E-state index in [-0.39, 0.29) is 24.1 Å². The zero-order valence-electron chi connectivity index (χ0n) is 14.5. The molecule has 25 heavy (non-hydrogen) atoms. The first-order chi connectivity index (χ1) is 12.0. The van der Waals surface area contributed by atoms with Crippen LogP contribution in [0.3, 0.4) is 0 Å². The number of carbonyl (C=O) groups is 1. The molecule has 2 aromatic rings. The smallest absolute Gasteiger partial charge is 0.312 e. The maximum Gasteiger partial charge on any atom is 0.312 e. The summed E-state index contributed by atoms with van der Waals surface area (Å²) in [7, 11) is 0. The molecule has 2 rings (SSSR count). The van der Waals surface area contributed by atoms with Gasteiger partial charge in [0.05, 0.1) is 12.5 Å². The highest BCUT2D eigenvalue weighted by Gasteiger charge is 2.14. The summed E-state index contributed by atoms with van der Waals surface area (Å²) < 4.78 is 10.5. The number of hydrogen-bond donors (Lipinski definition) is 1. The fraction of sp³-hybridized carbons (Fsp3) is 0.316. The number of hydrogen-bond acceptors (Lipinski definition) is 5. The minimum Gasteiger partial charge on any atom is -0.493 e. The van der Waals surface area contributed by atoms with E-state index in [0.717, 1.165) is 11.1 Å². The summed E-state index contributed by atoms with van der Waals surface area (Å²) in [4.78, 5) is 25.9. The summed E-state index contributed by atoms with van der Waals surface area (Å²) in [6.07, 6.45) is 0. The first-order valence-electron chi connectivity index (χ1n) is 8.00. The highest BCUT2D eigenvalue weighted by molar-refractivity contribution is 5.72. The van der Waals surface area contributed by atoms with Crippen molar-refractivity contribution in [2.24, 2.45) is 5.92 Å². The standard InChI is InChI=1S/C19H20N2O4/c1-4-24-19(23)12(2)11-25-16-7-5-14(6-8-16)17-9-15(10-20)18(22)21-13(17)3/h5-9,12H,4,11H2,1-3H3,(H,21,22). The monoisotopic (exact) mass is 340 g/mol. The molecule has 0 aliphatic heterocycles. The number of nitrogens with zero attached hydrogens (tertiary/aromatic N) is 1. The van der Waals surface area contributed by atoms with E-state index in [9.17, 15) is 9.59 Å². The van der Waals surface area contributed by atoms with Crippen LogP contribution in [0, 0.1) is 24.2 Å². The highest BCUT2D eigenvalue weighted by Crippen LogP contribution is 2.24. The molecule has 1 unspecified atom stereocenters. The molecule has 0 spiro atoms. The largest absolute Gasteiger partial charge is 0.493 e. The number of nitrogens with one attached hydrogen (secondary N) is 1. The van der Waals surface area contributed by atoms with Crippen molar-refractivity contribution < 1.29 is 14.3 Å². The van der Waals surface area contributed by atoms with Gasteiger partial charge in [0.15, 0.2) is 0 Å². The van der Waals surface area contributed by atoms with Crippen molar-refractivity contribution in [2.45, 2.75) is 20.8 Å². The Morgan fingerprint density at radius 2 is 2.00 bits per heavy atom. The lowest BCUT2D eigenvalue weighted by molar-refractivity contribution is -0.148. The van der Waals surface area contributed by atoms with E-state index in [0.29, 0.717) is 18.1 Å². The van der Waals surface area contributed by atoms with Crippen LogP contribution in [0.25, 0.3) is 11.1 Å². The SMILES string of the molecule is CCOC(=O)C(C)COc1ccc(-c2cc(C#N)c(=O)[nH]c2C)cc1. The Labute approximate surface area is 146 Å². The summed E-state index contributed by atoms with van der Waals surface area (Å²) >= 11 is 0. The van der Waals surface area contributed by atoms with Crippen molar-refractivity contribution in [1.82, 2.24) is 4.98 Å². The molecule has 0 aliphatic rings. The molecular formula is C19H20N2O4. The van der Waals surface area contributed by atoms with E-state index in [4.69, 9.17) is 14.7 Å². The lowest BCUT2D eigenvalue weighted by Crippen LogP contribution is -2.21. The average molecular weight is 340 g/mol. The molecule has 1 atom stereocenters. The normalized spacial score (nSPS) is 11.4. The van der Waals surface area contributed by atoms with Gasteiger partial charge >= 0.3 is 5.97 Å². The van der Waals surface area contributed by atoms with Crippen LogP contribution in [0.4, 0.5) is 0 Å². The van der Waals surface area contributed by atoms with Crippen molar-refractivity contribution in [1.29, 1.82) is 5.26 Å². The molecule has 130 valence electrons. The Morgan fingerprint density at radius 1 is 1.32 bits per heavy atom. The van der Waals surface area contributed by atoms with Crippen molar-refractivity contribution in [3.05, 3.63) is 51.9 Å². The molecule has 1 heterocycles. The van der Waals surface area contributed by atoms with Crippen molar-refractivity contribution in [3.8, 4) is 22.9 Å². The lowest BCUT2D eigenvalue weighted by atomic mass is 10.0. The Hall–Kier alpha value is -3.07. The third-order valence-corrected chi connectivity index (χ3v) is 3.71. The quantitative estimate of drug-likeness (QED) is 0.816. The van der Waals surface area contributed by atoms with Crippen molar-refractivity contribution in [2.75, 3.05) is 13.2 Å². The zero-order valence-corrected chi connectivity index (χ0v) is 14.5. The number of carbonyl (C=O) groups excluding carboxylic acids is 1. The Kier molecular flexibility index (Phi) is 5.96. The molecule has 6 heteroatoms. The topological polar surface area (TPSA) is 92.2 Å². The second-order valence-electron chi connectivity index (χ2n) is 5.65. The van der Waals surface area contributed by atoms with Gasteiger partial charge in [-0.15, -0.1) is 0 Å². The van der Waals surface area contributed by atoms with Gasteiger partial charge in [-0.2, -0.15) is 5.26 Å². The highest BCUT2D eigenvalue weighted by atomic mass is 16.5. The first-order valence-corrected chi connectivity index (χ1v) is 8.00. The van der Waals surface area contributed by atoms with Crippen LogP contribution in [0.2, 0.25) is 0 Å². The van der Waals surface area contributed by atoms with Gasteiger partial charge in [-0.25, -0.2) is 0 Å². The molecule has 1 N–H and O–H groups in total. The fourth-order valence-corrected chi connectivity index (χ4v) is 2.31. The molecule has 6 nitrogen and oxygen atoms in total. The van der Waals surface area contributed by atoms with Crippen LogP contribution in [0.15, 0.2) is 35.1 Å². The Bertz CT molecular complexity index is 847. The van der Waals surface area contributed by atoms with E-state index in [1.165, 1.54) is 0 Å². The fourth-order valence-electron chi connectivity index (χ4n) is 2.31. The van der Waals surface area contributed by atoms with Gasteiger partial charge in [-0.3, -0.25) is 9.59 Å². The number of H-pyrrole nitrogens is 1. The minimum atomic E-state index is -0.392. The van der Waals surface area contributed by atoms with Crippen LogP contribution in [0.5, 0.6) is 5.75 Å². The van der Waals surface area contributed by atoms with Crippen LogP contribution in [-0.2, 0) is 9.53 Å². The van der Waals surface area contributed by atoms with Crippen molar-refractivity contribution in [3.63, 3.8) is 0 Å². The molecule has 0 aliphatic carbocycles. The predicted molar refractivity (Wildman–Crippen MR) is 93.2 cm³/mol. The number of nitriles is 1. The van der Waals surface area contributed by atoms with Gasteiger partial charge < -0.3 is 14.5 Å². The molecule has 0 amide bonds. The maximum absolute atomic E-state index is 11.6. The second kappa shape index (κ2) is 8.15. The molecule has 0 saturated heterocycles. The van der Waals surface area contributed by atoms with E-state index in [1.54, 1.807) is 39.0 Å². The van der Waals surface area contributed by atoms with Gasteiger partial charge in [-0.05, 0) is 44.5 Å². The van der Waals surface area contributed by atoms with Gasteiger partial charge in [0.2, 0.25) is 0 Å². The average Bonchev–Trinajstić information content (AvgIpc) is 2.60. The summed E-state index contributed by atoms with van der Waals surface area (Å²) in [6.45, 7) is 5.87. The number of aryl methyl sites for hydroxylation is 1. The third kappa shape index (κ3) is 4.48. The predicted octanol–water partition coefficient (Wildman–Crippen LogP) is 2.80. The number of ether oxygens (including phenoxy) is 2. The van der Waals surface area contributed by atoms with Gasteiger partial charge in [0, 0.05) is 11.3 Å². The molecule has 0 saturated carbocycles. The van der Waals surface area contributed by atoms with Crippen LogP contribution < -0.4 is 10.3 Å². The van der Waals surface area contributed by atoms with E-state index in [1.807, 2.05) is 18.2 Å². The molecule has 1 aromatic heterocycles. The van der Waals surface area contributed by atoms with Gasteiger partial charge in [0.1, 0.15) is 24.0 Å².